The van der Waals surface area contributed by atoms with E-state index in [1.807, 2.05) is 24.3 Å². The summed E-state index contributed by atoms with van der Waals surface area (Å²) in [4.78, 5) is 23.4. The Hall–Kier alpha value is -2.62. The molecule has 2 aromatic rings. The van der Waals surface area contributed by atoms with Gasteiger partial charge in [-0.15, -0.1) is 0 Å². The van der Waals surface area contributed by atoms with E-state index in [4.69, 9.17) is 4.74 Å². The van der Waals surface area contributed by atoms with Crippen molar-refractivity contribution < 1.29 is 14.3 Å². The van der Waals surface area contributed by atoms with Crippen LogP contribution in [0.4, 0.5) is 4.79 Å². The van der Waals surface area contributed by atoms with Gasteiger partial charge in [-0.2, -0.15) is 0 Å². The molecular weight excluding hydrogens is 338 g/mol. The molecule has 1 aliphatic carbocycles. The van der Waals surface area contributed by atoms with Gasteiger partial charge in [0.25, 0.3) is 0 Å². The van der Waals surface area contributed by atoms with Gasteiger partial charge >= 0.3 is 6.09 Å². The van der Waals surface area contributed by atoms with E-state index >= 15 is 0 Å². The van der Waals surface area contributed by atoms with Crippen LogP contribution in [0, 0.1) is 0 Å². The Bertz CT molecular complexity index is 741. The van der Waals surface area contributed by atoms with Gasteiger partial charge in [-0.25, -0.2) is 4.79 Å². The fourth-order valence-electron chi connectivity index (χ4n) is 3.76. The Morgan fingerprint density at radius 3 is 2.26 bits per heavy atom. The average Bonchev–Trinajstić information content (AvgIpc) is 3.02. The number of benzene rings is 2. The first-order valence-electron chi connectivity index (χ1n) is 9.81. The van der Waals surface area contributed by atoms with Crippen molar-refractivity contribution in [3.8, 4) is 11.1 Å². The van der Waals surface area contributed by atoms with Gasteiger partial charge in [-0.3, -0.25) is 0 Å². The topological polar surface area (TPSA) is 55.4 Å². The molecule has 1 N–H and O–H groups in total. The molecule has 0 fully saturated rings. The molecule has 0 spiro atoms. The lowest BCUT2D eigenvalue weighted by Crippen LogP contribution is -2.37. The fraction of sp³-hybridized carbons (Fsp3) is 0.391. The summed E-state index contributed by atoms with van der Waals surface area (Å²) in [6, 6.07) is 16.0. The number of hydrogen-bond donors (Lipinski definition) is 1. The van der Waals surface area contributed by atoms with E-state index in [2.05, 4.69) is 36.5 Å². The van der Waals surface area contributed by atoms with Crippen LogP contribution in [0.3, 0.4) is 0 Å². The molecule has 1 amide bonds. The van der Waals surface area contributed by atoms with Crippen LogP contribution in [0.5, 0.6) is 0 Å². The van der Waals surface area contributed by atoms with Crippen LogP contribution in [0.25, 0.3) is 11.1 Å². The second-order valence-electron chi connectivity index (χ2n) is 7.06. The van der Waals surface area contributed by atoms with E-state index in [1.165, 1.54) is 22.3 Å². The maximum absolute atomic E-state index is 12.2. The predicted molar refractivity (Wildman–Crippen MR) is 107 cm³/mol. The van der Waals surface area contributed by atoms with E-state index < -0.39 is 12.1 Å². The average molecular weight is 365 g/mol. The van der Waals surface area contributed by atoms with Crippen molar-refractivity contribution in [2.45, 2.75) is 51.0 Å². The zero-order valence-electron chi connectivity index (χ0n) is 15.8. The normalized spacial score (nSPS) is 13.5. The molecule has 0 radical (unpaired) electrons. The van der Waals surface area contributed by atoms with Crippen LogP contribution >= 0.6 is 0 Å². The second-order valence-corrected chi connectivity index (χ2v) is 7.06. The summed E-state index contributed by atoms with van der Waals surface area (Å²) < 4.78 is 5.49. The van der Waals surface area contributed by atoms with Crippen molar-refractivity contribution in [3.05, 3.63) is 59.7 Å². The third kappa shape index (κ3) is 4.57. The maximum atomic E-state index is 12.2. The molecule has 0 heterocycles. The first kappa shape index (κ1) is 19.2. The molecule has 0 unspecified atom stereocenters. The summed E-state index contributed by atoms with van der Waals surface area (Å²) in [7, 11) is 0. The number of amides is 1. The molecule has 0 aliphatic heterocycles. The van der Waals surface area contributed by atoms with Gasteiger partial charge in [0.05, 0.1) is 6.04 Å². The lowest BCUT2D eigenvalue weighted by molar-refractivity contribution is -0.109. The van der Waals surface area contributed by atoms with Crippen molar-refractivity contribution in [2.24, 2.45) is 0 Å². The number of nitrogens with one attached hydrogen (secondary N) is 1. The highest BCUT2D eigenvalue weighted by molar-refractivity contribution is 5.79. The molecule has 3 rings (SSSR count). The van der Waals surface area contributed by atoms with Gasteiger partial charge in [-0.05, 0) is 28.7 Å². The second kappa shape index (κ2) is 9.36. The summed E-state index contributed by atoms with van der Waals surface area (Å²) in [5.74, 6) is 0.0300. The number of hydrogen-bond acceptors (Lipinski definition) is 3. The van der Waals surface area contributed by atoms with Crippen molar-refractivity contribution >= 4 is 12.4 Å². The monoisotopic (exact) mass is 365 g/mol. The first-order valence-corrected chi connectivity index (χ1v) is 9.81. The summed E-state index contributed by atoms with van der Waals surface area (Å²) in [6.07, 6.45) is 5.24. The number of ether oxygens (including phenoxy) is 1. The number of unbranched alkanes of at least 4 members (excludes halogenated alkanes) is 3. The van der Waals surface area contributed by atoms with E-state index in [0.717, 1.165) is 32.0 Å². The third-order valence-electron chi connectivity index (χ3n) is 5.18. The molecule has 4 nitrogen and oxygen atoms in total. The fourth-order valence-corrected chi connectivity index (χ4v) is 3.76. The van der Waals surface area contributed by atoms with Gasteiger partial charge in [0, 0.05) is 5.92 Å². The van der Waals surface area contributed by atoms with Gasteiger partial charge < -0.3 is 14.8 Å². The minimum Gasteiger partial charge on any atom is -0.449 e. The highest BCUT2D eigenvalue weighted by Crippen LogP contribution is 2.44. The zero-order chi connectivity index (χ0) is 19.1. The van der Waals surface area contributed by atoms with Crippen molar-refractivity contribution in [2.75, 3.05) is 6.61 Å². The number of fused-ring (bicyclic) bond motifs is 3. The molecule has 0 saturated carbocycles. The van der Waals surface area contributed by atoms with Gasteiger partial charge in [0.1, 0.15) is 12.9 Å². The van der Waals surface area contributed by atoms with Crippen molar-refractivity contribution in [3.63, 3.8) is 0 Å². The number of carbonyl (C=O) groups excluding carboxylic acids is 2. The molecule has 0 bridgehead atoms. The molecule has 0 saturated heterocycles. The molecule has 27 heavy (non-hydrogen) atoms. The van der Waals surface area contributed by atoms with Crippen molar-refractivity contribution in [1.82, 2.24) is 5.32 Å². The van der Waals surface area contributed by atoms with Crippen LogP contribution in [0.1, 0.15) is 56.1 Å². The summed E-state index contributed by atoms with van der Waals surface area (Å²) in [6.45, 7) is 2.41. The number of rotatable bonds is 9. The van der Waals surface area contributed by atoms with Crippen LogP contribution < -0.4 is 5.32 Å². The summed E-state index contributed by atoms with van der Waals surface area (Å²) >= 11 is 0. The molecule has 1 atom stereocenters. The van der Waals surface area contributed by atoms with Crippen molar-refractivity contribution in [1.29, 1.82) is 0 Å². The molecule has 142 valence electrons. The Morgan fingerprint density at radius 1 is 1.04 bits per heavy atom. The number of aldehydes is 1. The molecule has 4 heteroatoms. The largest absolute Gasteiger partial charge is 0.449 e. The highest BCUT2D eigenvalue weighted by atomic mass is 16.5. The van der Waals surface area contributed by atoms with Crippen LogP contribution in [0.2, 0.25) is 0 Å². The third-order valence-corrected chi connectivity index (χ3v) is 5.18. The predicted octanol–water partition coefficient (Wildman–Crippen LogP) is 5.06. The lowest BCUT2D eigenvalue weighted by atomic mass is 9.98. The molecule has 1 aliphatic rings. The molecule has 0 aromatic heterocycles. The highest BCUT2D eigenvalue weighted by Gasteiger charge is 2.29. The lowest BCUT2D eigenvalue weighted by Gasteiger charge is -2.16. The van der Waals surface area contributed by atoms with Gasteiger partial charge in [-0.1, -0.05) is 81.1 Å². The Kier molecular flexibility index (Phi) is 6.64. The first-order chi connectivity index (χ1) is 13.2. The maximum Gasteiger partial charge on any atom is 0.407 e. The summed E-state index contributed by atoms with van der Waals surface area (Å²) in [5.41, 5.74) is 4.75. The SMILES string of the molecule is CCCCCC[C@@H](C=O)NC(=O)OCC1c2ccccc2-c2ccccc21. The minimum atomic E-state index is -0.524. The van der Waals surface area contributed by atoms with E-state index in [0.29, 0.717) is 6.42 Å². The number of alkyl carbamates (subject to hydrolysis) is 1. The Balaban J connectivity index is 1.58. The molecular formula is C23H27NO3. The molecule has 2 aromatic carbocycles. The Labute approximate surface area is 160 Å². The Morgan fingerprint density at radius 2 is 1.67 bits per heavy atom. The van der Waals surface area contributed by atoms with Crippen LogP contribution in [-0.4, -0.2) is 25.0 Å². The zero-order valence-corrected chi connectivity index (χ0v) is 15.8. The summed E-state index contributed by atoms with van der Waals surface area (Å²) in [5, 5.41) is 2.69. The van der Waals surface area contributed by atoms with E-state index in [1.54, 1.807) is 0 Å². The smallest absolute Gasteiger partial charge is 0.407 e. The standard InChI is InChI=1S/C23H27NO3/c1-2-3-4-5-10-17(15-25)24-23(26)27-16-22-20-13-8-6-11-18(20)19-12-7-9-14-21(19)22/h6-9,11-15,17,22H,2-5,10,16H2,1H3,(H,24,26)/t17-/m0/s1. The minimum absolute atomic E-state index is 0.0300. The van der Waals surface area contributed by atoms with Crippen LogP contribution in [-0.2, 0) is 9.53 Å². The van der Waals surface area contributed by atoms with E-state index in [-0.39, 0.29) is 12.5 Å². The van der Waals surface area contributed by atoms with Gasteiger partial charge in [0.2, 0.25) is 0 Å². The van der Waals surface area contributed by atoms with Crippen LogP contribution in [0.15, 0.2) is 48.5 Å². The number of carbonyl (C=O) groups is 2. The van der Waals surface area contributed by atoms with Gasteiger partial charge in [0.15, 0.2) is 0 Å². The quantitative estimate of drug-likeness (QED) is 0.499. The van der Waals surface area contributed by atoms with E-state index in [9.17, 15) is 9.59 Å².